The van der Waals surface area contributed by atoms with Crippen molar-refractivity contribution in [3.63, 3.8) is 0 Å². The van der Waals surface area contributed by atoms with Crippen molar-refractivity contribution in [3.05, 3.63) is 0 Å². The van der Waals surface area contributed by atoms with E-state index in [4.69, 9.17) is 5.73 Å². The molecular weight excluding hydrogens is 200 g/mol. The second-order valence-electron chi connectivity index (χ2n) is 5.80. The summed E-state index contributed by atoms with van der Waals surface area (Å²) in [4.78, 5) is 2.59. The molecule has 3 heteroatoms. The highest BCUT2D eigenvalue weighted by atomic mass is 16.3. The van der Waals surface area contributed by atoms with Gasteiger partial charge in [-0.25, -0.2) is 0 Å². The Morgan fingerprint density at radius 1 is 1.38 bits per heavy atom. The van der Waals surface area contributed by atoms with Crippen molar-refractivity contribution >= 4 is 0 Å². The third kappa shape index (κ3) is 2.96. The zero-order chi connectivity index (χ0) is 11.6. The lowest BCUT2D eigenvalue weighted by Crippen LogP contribution is -2.53. The maximum Gasteiger partial charge on any atom is 0.0611 e. The molecule has 0 radical (unpaired) electrons. The molecule has 3 nitrogen and oxygen atoms in total. The maximum atomic E-state index is 9.37. The van der Waals surface area contributed by atoms with Crippen molar-refractivity contribution in [2.24, 2.45) is 11.7 Å². The third-order valence-electron chi connectivity index (χ3n) is 4.28. The van der Waals surface area contributed by atoms with E-state index in [1.54, 1.807) is 0 Å². The van der Waals surface area contributed by atoms with E-state index in [1.807, 2.05) is 0 Å². The van der Waals surface area contributed by atoms with Crippen molar-refractivity contribution in [2.45, 2.75) is 57.0 Å². The molecule has 0 heterocycles. The molecule has 2 saturated carbocycles. The fourth-order valence-electron chi connectivity index (χ4n) is 2.99. The molecule has 0 bridgehead atoms. The van der Waals surface area contributed by atoms with Crippen molar-refractivity contribution in [1.82, 2.24) is 4.90 Å². The smallest absolute Gasteiger partial charge is 0.0611 e. The topological polar surface area (TPSA) is 49.5 Å². The lowest BCUT2D eigenvalue weighted by atomic mass is 9.79. The van der Waals surface area contributed by atoms with Crippen LogP contribution in [-0.4, -0.2) is 41.3 Å². The molecule has 2 fully saturated rings. The molecule has 0 aromatic carbocycles. The Kier molecular flexibility index (Phi) is 3.88. The van der Waals surface area contributed by atoms with Gasteiger partial charge >= 0.3 is 0 Å². The summed E-state index contributed by atoms with van der Waals surface area (Å²) in [5.74, 6) is 0.947. The first-order chi connectivity index (χ1) is 7.67. The van der Waals surface area contributed by atoms with E-state index >= 15 is 0 Å². The highest BCUT2D eigenvalue weighted by Gasteiger charge is 2.36. The molecule has 2 atom stereocenters. The summed E-state index contributed by atoms with van der Waals surface area (Å²) in [6.45, 7) is 4.77. The second-order valence-corrected chi connectivity index (χ2v) is 5.80. The van der Waals surface area contributed by atoms with Gasteiger partial charge < -0.3 is 15.7 Å². The number of hydrogen-bond donors (Lipinski definition) is 2. The van der Waals surface area contributed by atoms with Crippen LogP contribution < -0.4 is 5.73 Å². The van der Waals surface area contributed by atoms with Crippen LogP contribution in [0.25, 0.3) is 0 Å². The molecule has 0 aromatic rings. The summed E-state index contributed by atoms with van der Waals surface area (Å²) < 4.78 is 0. The Morgan fingerprint density at radius 2 is 2.12 bits per heavy atom. The van der Waals surface area contributed by atoms with E-state index in [0.717, 1.165) is 25.3 Å². The van der Waals surface area contributed by atoms with Crippen molar-refractivity contribution in [3.8, 4) is 0 Å². The van der Waals surface area contributed by atoms with Crippen LogP contribution >= 0.6 is 0 Å². The van der Waals surface area contributed by atoms with Crippen molar-refractivity contribution < 1.29 is 5.11 Å². The highest BCUT2D eigenvalue weighted by molar-refractivity contribution is 4.94. The summed E-state index contributed by atoms with van der Waals surface area (Å²) in [5, 5.41) is 9.37. The average Bonchev–Trinajstić information content (AvgIpc) is 3.10. The SMILES string of the molecule is CCN(CC1CC1)C1CCCC(N)(CO)C1. The Hall–Kier alpha value is -0.120. The summed E-state index contributed by atoms with van der Waals surface area (Å²) in [6.07, 6.45) is 7.22. The molecule has 2 rings (SSSR count). The van der Waals surface area contributed by atoms with E-state index in [-0.39, 0.29) is 12.1 Å². The van der Waals surface area contributed by atoms with Gasteiger partial charge in [0.2, 0.25) is 0 Å². The van der Waals surface area contributed by atoms with Crippen LogP contribution in [0, 0.1) is 5.92 Å². The monoisotopic (exact) mass is 226 g/mol. The van der Waals surface area contributed by atoms with Crippen LogP contribution in [0.5, 0.6) is 0 Å². The third-order valence-corrected chi connectivity index (χ3v) is 4.28. The van der Waals surface area contributed by atoms with Crippen molar-refractivity contribution in [2.75, 3.05) is 19.7 Å². The predicted octanol–water partition coefficient (Wildman–Crippen LogP) is 1.35. The number of nitrogens with two attached hydrogens (primary N) is 1. The first-order valence-corrected chi connectivity index (χ1v) is 6.80. The lowest BCUT2D eigenvalue weighted by molar-refractivity contribution is 0.0812. The first-order valence-electron chi connectivity index (χ1n) is 6.80. The molecule has 16 heavy (non-hydrogen) atoms. The lowest BCUT2D eigenvalue weighted by Gasteiger charge is -2.41. The first kappa shape index (κ1) is 12.3. The van der Waals surface area contributed by atoms with E-state index in [1.165, 1.54) is 32.2 Å². The fraction of sp³-hybridized carbons (Fsp3) is 1.00. The number of aliphatic hydroxyl groups excluding tert-OH is 1. The quantitative estimate of drug-likeness (QED) is 0.744. The van der Waals surface area contributed by atoms with Crippen LogP contribution in [0.15, 0.2) is 0 Å². The number of hydrogen-bond acceptors (Lipinski definition) is 3. The van der Waals surface area contributed by atoms with Gasteiger partial charge in [0.25, 0.3) is 0 Å². The largest absolute Gasteiger partial charge is 0.394 e. The number of aliphatic hydroxyl groups is 1. The van der Waals surface area contributed by atoms with E-state index < -0.39 is 0 Å². The summed E-state index contributed by atoms with van der Waals surface area (Å²) in [6, 6.07) is 0.608. The molecule has 2 aliphatic rings. The van der Waals surface area contributed by atoms with Gasteiger partial charge in [-0.3, -0.25) is 0 Å². The molecule has 0 saturated heterocycles. The molecular formula is C13H26N2O. The Labute approximate surface area is 99.0 Å². The Bertz CT molecular complexity index is 230. The maximum absolute atomic E-state index is 9.37. The predicted molar refractivity (Wildman–Crippen MR) is 66.2 cm³/mol. The zero-order valence-electron chi connectivity index (χ0n) is 10.5. The fourth-order valence-corrected chi connectivity index (χ4v) is 2.99. The normalized spacial score (nSPS) is 35.6. The molecule has 0 aliphatic heterocycles. The molecule has 2 aliphatic carbocycles. The van der Waals surface area contributed by atoms with Gasteiger partial charge in [-0.15, -0.1) is 0 Å². The molecule has 0 aromatic heterocycles. The van der Waals surface area contributed by atoms with Crippen LogP contribution in [0.2, 0.25) is 0 Å². The van der Waals surface area contributed by atoms with E-state index in [0.29, 0.717) is 6.04 Å². The number of nitrogens with zero attached hydrogens (tertiary/aromatic N) is 1. The van der Waals surface area contributed by atoms with Gasteiger partial charge in [-0.05, 0) is 51.0 Å². The molecule has 0 spiro atoms. The minimum absolute atomic E-state index is 0.143. The average molecular weight is 226 g/mol. The van der Waals surface area contributed by atoms with Gasteiger partial charge in [0.05, 0.1) is 6.61 Å². The molecule has 2 unspecified atom stereocenters. The summed E-state index contributed by atoms with van der Waals surface area (Å²) in [7, 11) is 0. The molecule has 0 amide bonds. The van der Waals surface area contributed by atoms with E-state index in [9.17, 15) is 5.11 Å². The highest BCUT2D eigenvalue weighted by Crippen LogP contribution is 2.34. The summed E-state index contributed by atoms with van der Waals surface area (Å²) >= 11 is 0. The van der Waals surface area contributed by atoms with Crippen LogP contribution in [0.3, 0.4) is 0 Å². The zero-order valence-corrected chi connectivity index (χ0v) is 10.5. The minimum atomic E-state index is -0.306. The van der Waals surface area contributed by atoms with Crippen LogP contribution in [-0.2, 0) is 0 Å². The van der Waals surface area contributed by atoms with Gasteiger partial charge in [-0.1, -0.05) is 6.92 Å². The van der Waals surface area contributed by atoms with Gasteiger partial charge in [0.15, 0.2) is 0 Å². The minimum Gasteiger partial charge on any atom is -0.394 e. The van der Waals surface area contributed by atoms with Crippen LogP contribution in [0.1, 0.15) is 45.4 Å². The Balaban J connectivity index is 1.90. The van der Waals surface area contributed by atoms with Gasteiger partial charge in [0, 0.05) is 18.1 Å². The van der Waals surface area contributed by atoms with Gasteiger partial charge in [-0.2, -0.15) is 0 Å². The van der Waals surface area contributed by atoms with Gasteiger partial charge in [0.1, 0.15) is 0 Å². The molecule has 94 valence electrons. The van der Waals surface area contributed by atoms with Crippen molar-refractivity contribution in [1.29, 1.82) is 0 Å². The second kappa shape index (κ2) is 5.03. The van der Waals surface area contributed by atoms with E-state index in [2.05, 4.69) is 11.8 Å². The standard InChI is InChI=1S/C13H26N2O/c1-2-15(9-11-5-6-11)12-4-3-7-13(14,8-12)10-16/h11-12,16H,2-10,14H2,1H3. The number of rotatable bonds is 5. The molecule has 3 N–H and O–H groups in total. The van der Waals surface area contributed by atoms with Crippen LogP contribution in [0.4, 0.5) is 0 Å². The summed E-state index contributed by atoms with van der Waals surface area (Å²) in [5.41, 5.74) is 5.91. The Morgan fingerprint density at radius 3 is 2.69 bits per heavy atom.